The summed E-state index contributed by atoms with van der Waals surface area (Å²) in [6, 6.07) is 3.79. The number of rotatable bonds is 2. The van der Waals surface area contributed by atoms with Crippen molar-refractivity contribution in [2.45, 2.75) is 6.42 Å². The fourth-order valence-corrected chi connectivity index (χ4v) is 2.73. The van der Waals surface area contributed by atoms with Gasteiger partial charge in [-0.15, -0.1) is 0 Å². The third-order valence-corrected chi connectivity index (χ3v) is 3.97. The van der Waals surface area contributed by atoms with E-state index in [2.05, 4.69) is 9.88 Å². The van der Waals surface area contributed by atoms with Crippen LogP contribution in [0.1, 0.15) is 6.42 Å². The fraction of sp³-hybridized carbons (Fsp3) is 0.571. The SMILES string of the molecule is Nc1ccc(N2CCN(C(=O)C3CCOC3)CC2)nc1. The van der Waals surface area contributed by atoms with E-state index in [1.807, 2.05) is 17.0 Å². The number of nitrogen functional groups attached to an aromatic ring is 1. The van der Waals surface area contributed by atoms with Crippen molar-refractivity contribution in [3.8, 4) is 0 Å². The highest BCUT2D eigenvalue weighted by Gasteiger charge is 2.30. The summed E-state index contributed by atoms with van der Waals surface area (Å²) in [7, 11) is 0. The lowest BCUT2D eigenvalue weighted by molar-refractivity contribution is -0.135. The van der Waals surface area contributed by atoms with Crippen LogP contribution >= 0.6 is 0 Å². The van der Waals surface area contributed by atoms with Crippen molar-refractivity contribution in [1.82, 2.24) is 9.88 Å². The number of pyridine rings is 1. The number of piperazine rings is 1. The van der Waals surface area contributed by atoms with Crippen LogP contribution in [0.2, 0.25) is 0 Å². The van der Waals surface area contributed by atoms with Gasteiger partial charge in [-0.3, -0.25) is 4.79 Å². The van der Waals surface area contributed by atoms with Crippen LogP contribution in [0.25, 0.3) is 0 Å². The number of nitrogens with two attached hydrogens (primary N) is 1. The van der Waals surface area contributed by atoms with Crippen molar-refractivity contribution in [2.75, 3.05) is 50.0 Å². The fourth-order valence-electron chi connectivity index (χ4n) is 2.73. The number of aromatic nitrogens is 1. The van der Waals surface area contributed by atoms with E-state index in [1.165, 1.54) is 0 Å². The minimum absolute atomic E-state index is 0.0659. The van der Waals surface area contributed by atoms with Crippen LogP contribution in [0, 0.1) is 5.92 Å². The first-order chi connectivity index (χ1) is 9.74. The van der Waals surface area contributed by atoms with Crippen molar-refractivity contribution >= 4 is 17.4 Å². The molecule has 0 spiro atoms. The van der Waals surface area contributed by atoms with Gasteiger partial charge in [0.2, 0.25) is 5.91 Å². The van der Waals surface area contributed by atoms with E-state index in [0.717, 1.165) is 38.4 Å². The maximum absolute atomic E-state index is 12.3. The van der Waals surface area contributed by atoms with E-state index in [-0.39, 0.29) is 11.8 Å². The quantitative estimate of drug-likeness (QED) is 0.844. The smallest absolute Gasteiger partial charge is 0.228 e. The number of hydrogen-bond donors (Lipinski definition) is 1. The lowest BCUT2D eigenvalue weighted by atomic mass is 10.1. The summed E-state index contributed by atoms with van der Waals surface area (Å²) in [5.74, 6) is 1.24. The van der Waals surface area contributed by atoms with Gasteiger partial charge in [-0.25, -0.2) is 4.98 Å². The standard InChI is InChI=1S/C14H20N4O2/c15-12-1-2-13(16-9-12)17-4-6-18(7-5-17)14(19)11-3-8-20-10-11/h1-2,9,11H,3-8,10,15H2. The van der Waals surface area contributed by atoms with Gasteiger partial charge >= 0.3 is 0 Å². The van der Waals surface area contributed by atoms with E-state index in [1.54, 1.807) is 6.20 Å². The van der Waals surface area contributed by atoms with Gasteiger partial charge in [-0.05, 0) is 18.6 Å². The molecule has 0 radical (unpaired) electrons. The Morgan fingerprint density at radius 1 is 1.30 bits per heavy atom. The average Bonchev–Trinajstić information content (AvgIpc) is 3.02. The Morgan fingerprint density at radius 2 is 2.10 bits per heavy atom. The third-order valence-electron chi connectivity index (χ3n) is 3.97. The van der Waals surface area contributed by atoms with Gasteiger partial charge in [0.1, 0.15) is 5.82 Å². The second-order valence-corrected chi connectivity index (χ2v) is 5.32. The molecular weight excluding hydrogens is 256 g/mol. The Hall–Kier alpha value is -1.82. The molecule has 2 aliphatic rings. The van der Waals surface area contributed by atoms with Crippen LogP contribution in [-0.2, 0) is 9.53 Å². The molecule has 6 heteroatoms. The van der Waals surface area contributed by atoms with Gasteiger partial charge in [0.15, 0.2) is 0 Å². The molecule has 0 aliphatic carbocycles. The number of carbonyl (C=O) groups is 1. The zero-order valence-electron chi connectivity index (χ0n) is 11.5. The van der Waals surface area contributed by atoms with Crippen molar-refractivity contribution in [3.05, 3.63) is 18.3 Å². The molecular formula is C14H20N4O2. The Kier molecular flexibility index (Phi) is 3.73. The highest BCUT2D eigenvalue weighted by atomic mass is 16.5. The summed E-state index contributed by atoms with van der Waals surface area (Å²) in [4.78, 5) is 20.8. The Bertz CT molecular complexity index is 463. The van der Waals surface area contributed by atoms with Crippen LogP contribution in [0.4, 0.5) is 11.5 Å². The molecule has 3 rings (SSSR count). The van der Waals surface area contributed by atoms with Gasteiger partial charge in [0, 0.05) is 32.8 Å². The molecule has 2 saturated heterocycles. The molecule has 0 bridgehead atoms. The minimum Gasteiger partial charge on any atom is -0.397 e. The number of amides is 1. The zero-order chi connectivity index (χ0) is 13.9. The topological polar surface area (TPSA) is 71.7 Å². The summed E-state index contributed by atoms with van der Waals surface area (Å²) < 4.78 is 5.29. The van der Waals surface area contributed by atoms with Crippen LogP contribution in [0.15, 0.2) is 18.3 Å². The molecule has 1 aromatic rings. The zero-order valence-corrected chi connectivity index (χ0v) is 11.5. The molecule has 1 aromatic heterocycles. The monoisotopic (exact) mass is 276 g/mol. The molecule has 0 saturated carbocycles. The van der Waals surface area contributed by atoms with Crippen LogP contribution in [-0.4, -0.2) is 55.2 Å². The normalized spacial score (nSPS) is 23.1. The van der Waals surface area contributed by atoms with Gasteiger partial charge in [0.25, 0.3) is 0 Å². The molecule has 6 nitrogen and oxygen atoms in total. The highest BCUT2D eigenvalue weighted by Crippen LogP contribution is 2.19. The Labute approximate surface area is 118 Å². The first-order valence-electron chi connectivity index (χ1n) is 7.07. The van der Waals surface area contributed by atoms with Crippen LogP contribution < -0.4 is 10.6 Å². The van der Waals surface area contributed by atoms with Gasteiger partial charge in [0.05, 0.1) is 24.4 Å². The van der Waals surface area contributed by atoms with Gasteiger partial charge in [-0.2, -0.15) is 0 Å². The summed E-state index contributed by atoms with van der Waals surface area (Å²) in [6.07, 6.45) is 2.53. The van der Waals surface area contributed by atoms with Gasteiger partial charge < -0.3 is 20.3 Å². The number of ether oxygens (including phenoxy) is 1. The number of carbonyl (C=O) groups excluding carboxylic acids is 1. The molecule has 3 heterocycles. The predicted molar refractivity (Wildman–Crippen MR) is 76.4 cm³/mol. The summed E-state index contributed by atoms with van der Waals surface area (Å²) >= 11 is 0. The second-order valence-electron chi connectivity index (χ2n) is 5.32. The van der Waals surface area contributed by atoms with E-state index in [0.29, 0.717) is 18.9 Å². The predicted octanol–water partition coefficient (Wildman–Crippen LogP) is 0.349. The maximum Gasteiger partial charge on any atom is 0.228 e. The first kappa shape index (κ1) is 13.2. The summed E-state index contributed by atoms with van der Waals surface area (Å²) in [6.45, 7) is 4.43. The molecule has 1 unspecified atom stereocenters. The first-order valence-corrected chi connectivity index (χ1v) is 7.07. The van der Waals surface area contributed by atoms with Crippen molar-refractivity contribution in [1.29, 1.82) is 0 Å². The third kappa shape index (κ3) is 2.70. The van der Waals surface area contributed by atoms with Crippen molar-refractivity contribution < 1.29 is 9.53 Å². The largest absolute Gasteiger partial charge is 0.397 e. The molecule has 2 fully saturated rings. The molecule has 0 aromatic carbocycles. The second kappa shape index (κ2) is 5.66. The molecule has 108 valence electrons. The Balaban J connectivity index is 1.56. The Morgan fingerprint density at radius 3 is 2.70 bits per heavy atom. The van der Waals surface area contributed by atoms with E-state index < -0.39 is 0 Å². The van der Waals surface area contributed by atoms with Crippen molar-refractivity contribution in [2.24, 2.45) is 5.92 Å². The molecule has 2 N–H and O–H groups in total. The number of anilines is 2. The van der Waals surface area contributed by atoms with E-state index in [4.69, 9.17) is 10.5 Å². The minimum atomic E-state index is 0.0659. The van der Waals surface area contributed by atoms with Gasteiger partial charge in [-0.1, -0.05) is 0 Å². The lowest BCUT2D eigenvalue weighted by Crippen LogP contribution is -2.50. The number of nitrogens with zero attached hydrogens (tertiary/aromatic N) is 3. The molecule has 1 amide bonds. The average molecular weight is 276 g/mol. The summed E-state index contributed by atoms with van der Waals surface area (Å²) in [5.41, 5.74) is 6.31. The van der Waals surface area contributed by atoms with E-state index in [9.17, 15) is 4.79 Å². The maximum atomic E-state index is 12.3. The molecule has 1 atom stereocenters. The molecule has 20 heavy (non-hydrogen) atoms. The molecule has 2 aliphatic heterocycles. The highest BCUT2D eigenvalue weighted by molar-refractivity contribution is 5.79. The summed E-state index contributed by atoms with van der Waals surface area (Å²) in [5, 5.41) is 0. The van der Waals surface area contributed by atoms with Crippen LogP contribution in [0.3, 0.4) is 0 Å². The van der Waals surface area contributed by atoms with E-state index >= 15 is 0 Å². The lowest BCUT2D eigenvalue weighted by Gasteiger charge is -2.36. The van der Waals surface area contributed by atoms with Crippen molar-refractivity contribution in [3.63, 3.8) is 0 Å². The van der Waals surface area contributed by atoms with Crippen LogP contribution in [0.5, 0.6) is 0 Å². The number of hydrogen-bond acceptors (Lipinski definition) is 5.